The van der Waals surface area contributed by atoms with E-state index in [1.54, 1.807) is 0 Å². The van der Waals surface area contributed by atoms with Crippen molar-refractivity contribution in [3.05, 3.63) is 71.8 Å². The van der Waals surface area contributed by atoms with E-state index < -0.39 is 0 Å². The molecule has 0 spiro atoms. The van der Waals surface area contributed by atoms with Gasteiger partial charge in [0.05, 0.1) is 0 Å². The molecule has 0 heterocycles. The van der Waals surface area contributed by atoms with Crippen LogP contribution in [0.4, 0.5) is 0 Å². The molecular weight excluding hydrogens is 180 g/mol. The maximum Gasteiger partial charge on any atom is 0.0249 e. The van der Waals surface area contributed by atoms with Crippen molar-refractivity contribution in [1.82, 2.24) is 0 Å². The molecule has 0 nitrogen and oxygen atoms in total. The lowest BCUT2D eigenvalue weighted by Gasteiger charge is -1.88. The molecule has 2 aromatic carbocycles. The van der Waals surface area contributed by atoms with Gasteiger partial charge in [0.1, 0.15) is 0 Å². The molecule has 0 unspecified atom stereocenters. The van der Waals surface area contributed by atoms with Crippen molar-refractivity contribution in [3.63, 3.8) is 0 Å². The zero-order valence-corrected chi connectivity index (χ0v) is 7.77. The fourth-order valence-electron chi connectivity index (χ4n) is 1.19. The van der Waals surface area contributed by atoms with E-state index in [0.717, 1.165) is 11.1 Å². The molecule has 0 bridgehead atoms. The maximum atomic E-state index is 3.11. The maximum absolute atomic E-state index is 3.11. The standard InChI is InChI=1S/C14H10.CH4/c1-3-7-13(8-4-1)11-12-14-9-5-2-6-10-14;/h1-10H;1H4. The van der Waals surface area contributed by atoms with Gasteiger partial charge in [-0.05, 0) is 24.3 Å². The Kier molecular flexibility index (Phi) is 4.19. The summed E-state index contributed by atoms with van der Waals surface area (Å²) in [5, 5.41) is 0. The van der Waals surface area contributed by atoms with Crippen LogP contribution in [0.5, 0.6) is 0 Å². The summed E-state index contributed by atoms with van der Waals surface area (Å²) in [7, 11) is 0. The Morgan fingerprint density at radius 1 is 0.533 bits per heavy atom. The molecule has 2 rings (SSSR count). The van der Waals surface area contributed by atoms with Crippen molar-refractivity contribution in [3.8, 4) is 11.8 Å². The van der Waals surface area contributed by atoms with E-state index in [0.29, 0.717) is 0 Å². The van der Waals surface area contributed by atoms with Gasteiger partial charge in [0.15, 0.2) is 0 Å². The van der Waals surface area contributed by atoms with Crippen LogP contribution >= 0.6 is 0 Å². The minimum absolute atomic E-state index is 0. The molecule has 0 heteroatoms. The highest BCUT2D eigenvalue weighted by Crippen LogP contribution is 1.98. The average Bonchev–Trinajstić information content (AvgIpc) is 2.29. The third-order valence-corrected chi connectivity index (χ3v) is 1.90. The van der Waals surface area contributed by atoms with E-state index in [-0.39, 0.29) is 7.43 Å². The van der Waals surface area contributed by atoms with Gasteiger partial charge in [-0.25, -0.2) is 0 Å². The lowest BCUT2D eigenvalue weighted by molar-refractivity contribution is 1.62. The van der Waals surface area contributed by atoms with E-state index in [9.17, 15) is 0 Å². The van der Waals surface area contributed by atoms with Crippen LogP contribution in [0.2, 0.25) is 0 Å². The first-order chi connectivity index (χ1) is 6.95. The van der Waals surface area contributed by atoms with Crippen LogP contribution in [0.15, 0.2) is 60.7 Å². The second-order valence-corrected chi connectivity index (χ2v) is 2.98. The van der Waals surface area contributed by atoms with Gasteiger partial charge in [-0.15, -0.1) is 0 Å². The molecule has 74 valence electrons. The summed E-state index contributed by atoms with van der Waals surface area (Å²) in [6, 6.07) is 20.0. The molecule has 0 aliphatic carbocycles. The molecule has 2 aromatic rings. The minimum Gasteiger partial charge on any atom is -0.0776 e. The summed E-state index contributed by atoms with van der Waals surface area (Å²) in [4.78, 5) is 0. The number of hydrogen-bond donors (Lipinski definition) is 0. The zero-order valence-electron chi connectivity index (χ0n) is 7.77. The second kappa shape index (κ2) is 5.67. The van der Waals surface area contributed by atoms with Crippen LogP contribution in [0.25, 0.3) is 0 Å². The van der Waals surface area contributed by atoms with Gasteiger partial charge in [0.25, 0.3) is 0 Å². The summed E-state index contributed by atoms with van der Waals surface area (Å²) < 4.78 is 0. The second-order valence-electron chi connectivity index (χ2n) is 2.98. The highest BCUT2D eigenvalue weighted by molar-refractivity contribution is 5.42. The van der Waals surface area contributed by atoms with Crippen molar-refractivity contribution in [2.75, 3.05) is 0 Å². The van der Waals surface area contributed by atoms with Crippen molar-refractivity contribution < 1.29 is 0 Å². The largest absolute Gasteiger partial charge is 0.0776 e. The van der Waals surface area contributed by atoms with Crippen LogP contribution in [0.3, 0.4) is 0 Å². The Balaban J connectivity index is 0.00000112. The van der Waals surface area contributed by atoms with E-state index >= 15 is 0 Å². The van der Waals surface area contributed by atoms with E-state index in [4.69, 9.17) is 0 Å². The third-order valence-electron chi connectivity index (χ3n) is 1.90. The predicted octanol–water partition coefficient (Wildman–Crippen LogP) is 3.72. The predicted molar refractivity (Wildman–Crippen MR) is 65.6 cm³/mol. The normalized spacial score (nSPS) is 8.27. The molecule has 0 saturated carbocycles. The van der Waals surface area contributed by atoms with E-state index in [2.05, 4.69) is 11.8 Å². The molecule has 0 aromatic heterocycles. The molecule has 0 amide bonds. The Morgan fingerprint density at radius 3 is 1.20 bits per heavy atom. The van der Waals surface area contributed by atoms with Gasteiger partial charge in [-0.1, -0.05) is 55.7 Å². The average molecular weight is 194 g/mol. The Bertz CT molecular complexity index is 400. The third kappa shape index (κ3) is 3.32. The SMILES string of the molecule is C.C(#Cc1ccccc1)c1ccccc1. The summed E-state index contributed by atoms with van der Waals surface area (Å²) in [6.07, 6.45) is 0. The van der Waals surface area contributed by atoms with Gasteiger partial charge in [-0.3, -0.25) is 0 Å². The van der Waals surface area contributed by atoms with Gasteiger partial charge in [0, 0.05) is 11.1 Å². The molecular formula is C15H14. The smallest absolute Gasteiger partial charge is 0.0249 e. The summed E-state index contributed by atoms with van der Waals surface area (Å²) in [6.45, 7) is 0. The fourth-order valence-corrected chi connectivity index (χ4v) is 1.19. The van der Waals surface area contributed by atoms with Crippen LogP contribution in [-0.4, -0.2) is 0 Å². The topological polar surface area (TPSA) is 0 Å². The molecule has 0 aliphatic rings. The molecule has 0 N–H and O–H groups in total. The molecule has 0 radical (unpaired) electrons. The number of hydrogen-bond acceptors (Lipinski definition) is 0. The first-order valence-electron chi connectivity index (χ1n) is 4.57. The van der Waals surface area contributed by atoms with Crippen molar-refractivity contribution in [2.45, 2.75) is 7.43 Å². The Morgan fingerprint density at radius 2 is 0.867 bits per heavy atom. The van der Waals surface area contributed by atoms with Gasteiger partial charge < -0.3 is 0 Å². The van der Waals surface area contributed by atoms with Crippen LogP contribution < -0.4 is 0 Å². The van der Waals surface area contributed by atoms with Crippen LogP contribution in [-0.2, 0) is 0 Å². The zero-order chi connectivity index (χ0) is 9.64. The molecule has 0 aliphatic heterocycles. The number of rotatable bonds is 0. The Labute approximate surface area is 91.6 Å². The molecule has 0 atom stereocenters. The van der Waals surface area contributed by atoms with E-state index in [1.165, 1.54) is 0 Å². The van der Waals surface area contributed by atoms with Gasteiger partial charge >= 0.3 is 0 Å². The fraction of sp³-hybridized carbons (Fsp3) is 0.0667. The first kappa shape index (κ1) is 11.1. The minimum atomic E-state index is 0. The molecule has 0 fully saturated rings. The Hall–Kier alpha value is -2.00. The van der Waals surface area contributed by atoms with Crippen LogP contribution in [0.1, 0.15) is 18.6 Å². The van der Waals surface area contributed by atoms with Crippen molar-refractivity contribution in [1.29, 1.82) is 0 Å². The van der Waals surface area contributed by atoms with Crippen molar-refractivity contribution >= 4 is 0 Å². The lowest BCUT2D eigenvalue weighted by Crippen LogP contribution is -1.73. The number of benzene rings is 2. The van der Waals surface area contributed by atoms with E-state index in [1.807, 2.05) is 60.7 Å². The van der Waals surface area contributed by atoms with Gasteiger partial charge in [0.2, 0.25) is 0 Å². The highest BCUT2D eigenvalue weighted by atomic mass is 13.9. The monoisotopic (exact) mass is 194 g/mol. The first-order valence-corrected chi connectivity index (χ1v) is 4.57. The highest BCUT2D eigenvalue weighted by Gasteiger charge is 1.83. The van der Waals surface area contributed by atoms with Crippen LogP contribution in [0, 0.1) is 11.8 Å². The quantitative estimate of drug-likeness (QED) is 0.561. The lowest BCUT2D eigenvalue weighted by atomic mass is 10.2. The summed E-state index contributed by atoms with van der Waals surface area (Å²) >= 11 is 0. The van der Waals surface area contributed by atoms with Gasteiger partial charge in [-0.2, -0.15) is 0 Å². The summed E-state index contributed by atoms with van der Waals surface area (Å²) in [5.41, 5.74) is 2.10. The summed E-state index contributed by atoms with van der Waals surface area (Å²) in [5.74, 6) is 6.22. The molecule has 15 heavy (non-hydrogen) atoms. The molecule has 0 saturated heterocycles. The van der Waals surface area contributed by atoms with Crippen molar-refractivity contribution in [2.24, 2.45) is 0 Å².